The lowest BCUT2D eigenvalue weighted by molar-refractivity contribution is 0.336. The Morgan fingerprint density at radius 3 is 2.21 bits per heavy atom. The highest BCUT2D eigenvalue weighted by Crippen LogP contribution is 2.26. The predicted molar refractivity (Wildman–Crippen MR) is 84.0 cm³/mol. The van der Waals surface area contributed by atoms with Crippen molar-refractivity contribution in [3.05, 3.63) is 33.8 Å². The van der Waals surface area contributed by atoms with Crippen molar-refractivity contribution >= 4 is 23.2 Å². The van der Waals surface area contributed by atoms with Crippen molar-refractivity contribution in [1.82, 2.24) is 5.32 Å². The Kier molecular flexibility index (Phi) is 6.00. The van der Waals surface area contributed by atoms with E-state index in [9.17, 15) is 0 Å². The Morgan fingerprint density at radius 2 is 1.63 bits per heavy atom. The summed E-state index contributed by atoms with van der Waals surface area (Å²) in [4.78, 5) is 0. The van der Waals surface area contributed by atoms with E-state index < -0.39 is 0 Å². The van der Waals surface area contributed by atoms with Gasteiger partial charge in [0.05, 0.1) is 0 Å². The average Bonchev–Trinajstić information content (AvgIpc) is 2.63. The van der Waals surface area contributed by atoms with E-state index in [1.807, 2.05) is 12.1 Å². The summed E-state index contributed by atoms with van der Waals surface area (Å²) in [5.74, 6) is 0.817. The second-order valence-corrected chi connectivity index (χ2v) is 6.57. The molecule has 3 heteroatoms. The van der Waals surface area contributed by atoms with Gasteiger partial charge in [0.25, 0.3) is 0 Å². The highest BCUT2D eigenvalue weighted by molar-refractivity contribution is 6.34. The van der Waals surface area contributed by atoms with E-state index >= 15 is 0 Å². The van der Waals surface area contributed by atoms with Crippen molar-refractivity contribution in [2.24, 2.45) is 5.92 Å². The Morgan fingerprint density at radius 1 is 1.05 bits per heavy atom. The zero-order chi connectivity index (χ0) is 13.7. The Bertz CT molecular complexity index is 377. The van der Waals surface area contributed by atoms with Crippen LogP contribution in [0.15, 0.2) is 18.2 Å². The number of benzene rings is 1. The fourth-order valence-electron chi connectivity index (χ4n) is 2.97. The lowest BCUT2D eigenvalue weighted by atomic mass is 9.93. The van der Waals surface area contributed by atoms with E-state index in [4.69, 9.17) is 23.2 Å². The molecule has 0 aromatic heterocycles. The van der Waals surface area contributed by atoms with E-state index in [0.29, 0.717) is 16.1 Å². The molecule has 1 aliphatic rings. The third-order valence-electron chi connectivity index (χ3n) is 4.16. The van der Waals surface area contributed by atoms with Crippen LogP contribution < -0.4 is 5.32 Å². The number of halogens is 2. The Balaban J connectivity index is 1.86. The number of rotatable bonds is 4. The van der Waals surface area contributed by atoms with Gasteiger partial charge in [-0.15, -0.1) is 0 Å². The molecule has 0 saturated heterocycles. The summed E-state index contributed by atoms with van der Waals surface area (Å²) >= 11 is 12.0. The molecule has 1 N–H and O–H groups in total. The highest BCUT2D eigenvalue weighted by Gasteiger charge is 2.18. The van der Waals surface area contributed by atoms with Gasteiger partial charge in [0.15, 0.2) is 0 Å². The zero-order valence-electron chi connectivity index (χ0n) is 11.6. The summed E-state index contributed by atoms with van der Waals surface area (Å²) in [6.07, 6.45) is 8.33. The first kappa shape index (κ1) is 15.2. The third-order valence-corrected chi connectivity index (χ3v) is 4.59. The molecular weight excluding hydrogens is 277 g/mol. The monoisotopic (exact) mass is 299 g/mol. The van der Waals surface area contributed by atoms with Gasteiger partial charge in [-0.2, -0.15) is 0 Å². The fourth-order valence-corrected chi connectivity index (χ4v) is 3.54. The molecule has 2 rings (SSSR count). The quantitative estimate of drug-likeness (QED) is 0.730. The van der Waals surface area contributed by atoms with Crippen molar-refractivity contribution < 1.29 is 0 Å². The molecule has 1 atom stereocenters. The molecule has 0 spiro atoms. The molecule has 1 aromatic carbocycles. The van der Waals surface area contributed by atoms with Gasteiger partial charge in [-0.1, -0.05) is 48.9 Å². The molecular formula is C16H23Cl2N. The molecule has 1 fully saturated rings. The van der Waals surface area contributed by atoms with Gasteiger partial charge in [-0.3, -0.25) is 0 Å². The van der Waals surface area contributed by atoms with Crippen LogP contribution in [-0.4, -0.2) is 6.04 Å². The van der Waals surface area contributed by atoms with Crippen LogP contribution in [0.25, 0.3) is 0 Å². The standard InChI is InChI=1S/C16H23Cl2N/c1-12(14-6-4-2-3-5-7-14)19-11-13-8-15(17)10-16(18)9-13/h8-10,12,14,19H,2-7,11H2,1H3/t12-/m0/s1. The van der Waals surface area contributed by atoms with Crippen LogP contribution in [0.5, 0.6) is 0 Å². The van der Waals surface area contributed by atoms with Crippen molar-refractivity contribution in [2.45, 2.75) is 58.0 Å². The maximum Gasteiger partial charge on any atom is 0.0424 e. The van der Waals surface area contributed by atoms with Crippen LogP contribution in [0.1, 0.15) is 51.0 Å². The molecule has 0 aliphatic heterocycles. The van der Waals surface area contributed by atoms with Crippen molar-refractivity contribution in [3.63, 3.8) is 0 Å². The average molecular weight is 300 g/mol. The summed E-state index contributed by atoms with van der Waals surface area (Å²) in [5, 5.41) is 5.06. The lowest BCUT2D eigenvalue weighted by Crippen LogP contribution is -2.32. The van der Waals surface area contributed by atoms with Crippen LogP contribution in [0.2, 0.25) is 10.0 Å². The van der Waals surface area contributed by atoms with Gasteiger partial charge in [-0.05, 0) is 49.4 Å². The van der Waals surface area contributed by atoms with Crippen LogP contribution in [0.3, 0.4) is 0 Å². The molecule has 0 unspecified atom stereocenters. The van der Waals surface area contributed by atoms with E-state index in [1.54, 1.807) is 6.07 Å². The van der Waals surface area contributed by atoms with Crippen LogP contribution in [0, 0.1) is 5.92 Å². The summed E-state index contributed by atoms with van der Waals surface area (Å²) in [5.41, 5.74) is 1.16. The molecule has 0 heterocycles. The minimum atomic E-state index is 0.566. The highest BCUT2D eigenvalue weighted by atomic mass is 35.5. The first-order chi connectivity index (χ1) is 9.15. The Hall–Kier alpha value is -0.240. The van der Waals surface area contributed by atoms with Gasteiger partial charge in [-0.25, -0.2) is 0 Å². The summed E-state index contributed by atoms with van der Waals surface area (Å²) in [6, 6.07) is 6.32. The van der Waals surface area contributed by atoms with Crippen molar-refractivity contribution in [2.75, 3.05) is 0 Å². The van der Waals surface area contributed by atoms with E-state index in [2.05, 4.69) is 12.2 Å². The predicted octanol–water partition coefficient (Wildman–Crippen LogP) is 5.44. The van der Waals surface area contributed by atoms with Gasteiger partial charge in [0.1, 0.15) is 0 Å². The number of hydrogen-bond donors (Lipinski definition) is 1. The van der Waals surface area contributed by atoms with Crippen LogP contribution >= 0.6 is 23.2 Å². The second-order valence-electron chi connectivity index (χ2n) is 5.70. The largest absolute Gasteiger partial charge is 0.310 e. The molecule has 1 nitrogen and oxygen atoms in total. The normalized spacial score (nSPS) is 19.1. The van der Waals surface area contributed by atoms with Crippen molar-refractivity contribution in [1.29, 1.82) is 0 Å². The minimum Gasteiger partial charge on any atom is -0.310 e. The third kappa shape index (κ3) is 4.98. The topological polar surface area (TPSA) is 12.0 Å². The number of hydrogen-bond acceptors (Lipinski definition) is 1. The molecule has 0 amide bonds. The van der Waals surface area contributed by atoms with Crippen molar-refractivity contribution in [3.8, 4) is 0 Å². The maximum absolute atomic E-state index is 6.02. The van der Waals surface area contributed by atoms with Gasteiger partial charge >= 0.3 is 0 Å². The smallest absolute Gasteiger partial charge is 0.0424 e. The summed E-state index contributed by atoms with van der Waals surface area (Å²) in [7, 11) is 0. The molecule has 0 radical (unpaired) electrons. The molecule has 106 valence electrons. The summed E-state index contributed by atoms with van der Waals surface area (Å²) < 4.78 is 0. The van der Waals surface area contributed by atoms with Crippen LogP contribution in [-0.2, 0) is 6.54 Å². The first-order valence-corrected chi connectivity index (χ1v) is 8.09. The second kappa shape index (κ2) is 7.52. The summed E-state index contributed by atoms with van der Waals surface area (Å²) in [6.45, 7) is 3.15. The first-order valence-electron chi connectivity index (χ1n) is 7.33. The molecule has 1 aromatic rings. The number of nitrogens with one attached hydrogen (secondary N) is 1. The van der Waals surface area contributed by atoms with Gasteiger partial charge < -0.3 is 5.32 Å². The molecule has 0 bridgehead atoms. The maximum atomic E-state index is 6.02. The van der Waals surface area contributed by atoms with Crippen LogP contribution in [0.4, 0.5) is 0 Å². The molecule has 19 heavy (non-hydrogen) atoms. The van der Waals surface area contributed by atoms with Gasteiger partial charge in [0, 0.05) is 22.6 Å². The zero-order valence-corrected chi connectivity index (χ0v) is 13.1. The lowest BCUT2D eigenvalue weighted by Gasteiger charge is -2.23. The van der Waals surface area contributed by atoms with E-state index in [0.717, 1.165) is 18.0 Å². The van der Waals surface area contributed by atoms with E-state index in [-0.39, 0.29) is 0 Å². The van der Waals surface area contributed by atoms with E-state index in [1.165, 1.54) is 38.5 Å². The Labute approximate surface area is 126 Å². The minimum absolute atomic E-state index is 0.566. The molecule has 1 aliphatic carbocycles. The SMILES string of the molecule is C[C@H](NCc1cc(Cl)cc(Cl)c1)C1CCCCCC1. The molecule has 1 saturated carbocycles. The fraction of sp³-hybridized carbons (Fsp3) is 0.625. The van der Waals surface area contributed by atoms with Gasteiger partial charge in [0.2, 0.25) is 0 Å².